The number of amides is 1. The predicted octanol–water partition coefficient (Wildman–Crippen LogP) is 17.5. The summed E-state index contributed by atoms with van der Waals surface area (Å²) >= 11 is 0. The first-order chi connectivity index (χ1) is 54.3. The number of aliphatic hydroxyl groups excluding tert-OH is 11. The van der Waals surface area contributed by atoms with Crippen LogP contribution in [-0.4, -0.2) is 193 Å². The second-order valence-corrected chi connectivity index (χ2v) is 32.4. The highest BCUT2D eigenvalue weighted by Gasteiger charge is 2.54. The zero-order valence-electron chi connectivity index (χ0n) is 69.9. The van der Waals surface area contributed by atoms with E-state index in [1.807, 2.05) is 6.08 Å². The van der Waals surface area contributed by atoms with Gasteiger partial charge in [-0.1, -0.05) is 356 Å². The number of nitrogens with one attached hydrogen (secondary N) is 1. The number of carbonyl (C=O) groups excluding carboxylic acids is 1. The van der Waals surface area contributed by atoms with Crippen LogP contribution in [0.1, 0.15) is 373 Å². The van der Waals surface area contributed by atoms with Gasteiger partial charge in [0.25, 0.3) is 0 Å². The van der Waals surface area contributed by atoms with Gasteiger partial charge in [0.1, 0.15) is 73.2 Å². The number of unbranched alkanes of at least 4 members (excludes halogenated alkanes) is 48. The summed E-state index contributed by atoms with van der Waals surface area (Å²) in [6, 6.07) is -1.00. The summed E-state index contributed by atoms with van der Waals surface area (Å²) in [5, 5.41) is 121. The van der Waals surface area contributed by atoms with Crippen molar-refractivity contribution in [1.29, 1.82) is 0 Å². The van der Waals surface area contributed by atoms with Crippen LogP contribution in [-0.2, 0) is 33.2 Å². The molecule has 0 bridgehead atoms. The molecular formula is C92H167NO18. The van der Waals surface area contributed by atoms with E-state index >= 15 is 0 Å². The van der Waals surface area contributed by atoms with Crippen molar-refractivity contribution in [1.82, 2.24) is 5.32 Å². The third kappa shape index (κ3) is 49.9. The van der Waals surface area contributed by atoms with Crippen LogP contribution >= 0.6 is 0 Å². The molecule has 3 saturated heterocycles. The van der Waals surface area contributed by atoms with E-state index in [1.54, 1.807) is 6.08 Å². The lowest BCUT2D eigenvalue weighted by Gasteiger charge is -2.48. The van der Waals surface area contributed by atoms with E-state index in [2.05, 4.69) is 79.9 Å². The Kier molecular flexibility index (Phi) is 65.8. The Balaban J connectivity index is 1.33. The van der Waals surface area contributed by atoms with Gasteiger partial charge in [0.15, 0.2) is 18.9 Å². The van der Waals surface area contributed by atoms with Crippen molar-refractivity contribution in [2.75, 3.05) is 26.4 Å². The Hall–Kier alpha value is -2.77. The van der Waals surface area contributed by atoms with Crippen molar-refractivity contribution in [3.8, 4) is 0 Å². The Morgan fingerprint density at radius 3 is 0.964 bits per heavy atom. The van der Waals surface area contributed by atoms with Gasteiger partial charge in [-0.25, -0.2) is 0 Å². The zero-order chi connectivity index (χ0) is 80.3. The molecule has 3 rings (SSSR count). The first-order valence-electron chi connectivity index (χ1n) is 45.7. The smallest absolute Gasteiger partial charge is 0.220 e. The molecule has 3 heterocycles. The van der Waals surface area contributed by atoms with Crippen molar-refractivity contribution < 1.29 is 89.4 Å². The second kappa shape index (κ2) is 71.3. The van der Waals surface area contributed by atoms with E-state index in [0.29, 0.717) is 12.8 Å². The summed E-state index contributed by atoms with van der Waals surface area (Å²) in [5.74, 6) is -0.284. The molecule has 0 spiro atoms. The summed E-state index contributed by atoms with van der Waals surface area (Å²) in [6.07, 6.45) is 69.2. The second-order valence-electron chi connectivity index (χ2n) is 32.4. The molecule has 648 valence electrons. The third-order valence-electron chi connectivity index (χ3n) is 22.5. The van der Waals surface area contributed by atoms with E-state index in [1.165, 1.54) is 283 Å². The lowest BCUT2D eigenvalue weighted by molar-refractivity contribution is -0.379. The molecule has 0 aromatic rings. The lowest BCUT2D eigenvalue weighted by Crippen LogP contribution is -2.66. The summed E-state index contributed by atoms with van der Waals surface area (Å²) in [4.78, 5) is 13.5. The fraction of sp³-hybridized carbons (Fsp3) is 0.859. The van der Waals surface area contributed by atoms with E-state index in [0.717, 1.165) is 57.8 Å². The minimum atomic E-state index is -1.99. The predicted molar refractivity (Wildman–Crippen MR) is 448 cm³/mol. The van der Waals surface area contributed by atoms with Gasteiger partial charge in [-0.15, -0.1) is 0 Å². The maximum absolute atomic E-state index is 13.5. The largest absolute Gasteiger partial charge is 0.394 e. The fourth-order valence-electron chi connectivity index (χ4n) is 15.2. The first kappa shape index (κ1) is 102. The highest BCUT2D eigenvalue weighted by molar-refractivity contribution is 5.76. The molecular weight excluding hydrogens is 1410 g/mol. The van der Waals surface area contributed by atoms with Gasteiger partial charge < -0.3 is 89.9 Å². The highest BCUT2D eigenvalue weighted by atomic mass is 16.8. The SMILES string of the molecule is CCCCCCC/C=C\C/C=C\C/C=C\CCCCCCCCCCCCCCCCCCCCCCCCC(=O)NC(COC1OC(CO)C(OC2OC(CO)C(OC3OC(CO)C(O)C(O)C3O)C(O)C2O)C(O)C1O)C(O)/C=C/CC/C=C/CC/C=C/CCCCCCCCCCCCCCCCCCCCC. The van der Waals surface area contributed by atoms with E-state index in [4.69, 9.17) is 28.4 Å². The monoisotopic (exact) mass is 1570 g/mol. The molecule has 111 heavy (non-hydrogen) atoms. The van der Waals surface area contributed by atoms with E-state index in [-0.39, 0.29) is 18.9 Å². The summed E-state index contributed by atoms with van der Waals surface area (Å²) in [5.41, 5.74) is 0. The van der Waals surface area contributed by atoms with Gasteiger partial charge >= 0.3 is 0 Å². The summed E-state index contributed by atoms with van der Waals surface area (Å²) in [6.45, 7) is 1.75. The van der Waals surface area contributed by atoms with Crippen LogP contribution in [0, 0.1) is 0 Å². The van der Waals surface area contributed by atoms with Gasteiger partial charge in [-0.05, 0) is 83.5 Å². The van der Waals surface area contributed by atoms with E-state index < -0.39 is 124 Å². The van der Waals surface area contributed by atoms with Crippen LogP contribution in [0.3, 0.4) is 0 Å². The topological polar surface area (TPSA) is 307 Å². The van der Waals surface area contributed by atoms with Crippen LogP contribution < -0.4 is 5.32 Å². The van der Waals surface area contributed by atoms with Crippen molar-refractivity contribution in [3.05, 3.63) is 72.9 Å². The number of aliphatic hydroxyl groups is 11. The molecule has 19 heteroatoms. The Bertz CT molecular complexity index is 2280. The summed E-state index contributed by atoms with van der Waals surface area (Å²) in [7, 11) is 0. The number of allylic oxidation sites excluding steroid dienone is 11. The first-order valence-corrected chi connectivity index (χ1v) is 45.7. The molecule has 0 saturated carbocycles. The summed E-state index contributed by atoms with van der Waals surface area (Å²) < 4.78 is 34.5. The molecule has 17 atom stereocenters. The lowest BCUT2D eigenvalue weighted by atomic mass is 9.96. The molecule has 17 unspecified atom stereocenters. The minimum Gasteiger partial charge on any atom is -0.394 e. The number of hydrogen-bond donors (Lipinski definition) is 12. The standard InChI is InChI=1S/C92H167NO18/c1-3-5-7-9-11-13-15-17-19-21-23-25-27-29-31-33-34-35-36-37-38-39-40-42-44-46-48-50-52-54-56-58-60-62-64-66-68-70-80(98)93-75(76(97)69-67-65-63-61-59-57-55-53-51-49-47-45-43-41-32-30-28-26-24-22-20-18-16-14-12-10-8-6-4-2)74-106-90-86(104)83(101)88(78(72-95)108-90)111-92-87(105)84(102)89(79(73-96)109-92)110-91-85(103)82(100)81(99)77(71-94)107-91/h15,17,21,23,27,29,51,53,59,61,67,69,75-79,81-92,94-97,99-105H,3-14,16,18-20,22,24-26,28,30-50,52,54-58,60,62-66,68,70-74H2,1-2H3,(H,93,98)/b17-15-,23-21-,29-27-,53-51+,61-59+,69-67+. The number of ether oxygens (including phenoxy) is 6. The van der Waals surface area contributed by atoms with Crippen molar-refractivity contribution in [2.45, 2.75) is 478 Å². The zero-order valence-corrected chi connectivity index (χ0v) is 69.9. The maximum atomic E-state index is 13.5. The molecule has 0 aromatic heterocycles. The molecule has 12 N–H and O–H groups in total. The number of rotatable bonds is 74. The van der Waals surface area contributed by atoms with Crippen molar-refractivity contribution in [3.63, 3.8) is 0 Å². The Labute approximate surface area is 674 Å². The van der Waals surface area contributed by atoms with Crippen LogP contribution in [0.15, 0.2) is 72.9 Å². The maximum Gasteiger partial charge on any atom is 0.220 e. The van der Waals surface area contributed by atoms with Gasteiger partial charge in [0.2, 0.25) is 5.91 Å². The average molecular weight is 1580 g/mol. The number of hydrogen-bond acceptors (Lipinski definition) is 18. The third-order valence-corrected chi connectivity index (χ3v) is 22.5. The van der Waals surface area contributed by atoms with Crippen LogP contribution in [0.4, 0.5) is 0 Å². The van der Waals surface area contributed by atoms with Gasteiger partial charge in [0.05, 0.1) is 38.6 Å². The minimum absolute atomic E-state index is 0.233. The van der Waals surface area contributed by atoms with Crippen molar-refractivity contribution >= 4 is 5.91 Å². The molecule has 3 aliphatic heterocycles. The molecule has 3 fully saturated rings. The molecule has 3 aliphatic rings. The quantitative estimate of drug-likeness (QED) is 0.0199. The Morgan fingerprint density at radius 2 is 0.604 bits per heavy atom. The van der Waals surface area contributed by atoms with Gasteiger partial charge in [-0.2, -0.15) is 0 Å². The highest BCUT2D eigenvalue weighted by Crippen LogP contribution is 2.34. The number of carbonyl (C=O) groups is 1. The molecule has 0 radical (unpaired) electrons. The molecule has 1 amide bonds. The van der Waals surface area contributed by atoms with Gasteiger partial charge in [-0.3, -0.25) is 4.79 Å². The normalized spacial score (nSPS) is 25.4. The van der Waals surface area contributed by atoms with E-state index in [9.17, 15) is 61.0 Å². The van der Waals surface area contributed by atoms with Crippen LogP contribution in [0.25, 0.3) is 0 Å². The van der Waals surface area contributed by atoms with Gasteiger partial charge in [0, 0.05) is 6.42 Å². The van der Waals surface area contributed by atoms with Crippen LogP contribution in [0.2, 0.25) is 0 Å². The molecule has 19 nitrogen and oxygen atoms in total. The van der Waals surface area contributed by atoms with Crippen LogP contribution in [0.5, 0.6) is 0 Å². The molecule has 0 aliphatic carbocycles. The van der Waals surface area contributed by atoms with Crippen molar-refractivity contribution in [2.24, 2.45) is 0 Å². The fourth-order valence-corrected chi connectivity index (χ4v) is 15.2. The average Bonchev–Trinajstić information content (AvgIpc) is 0.779. The molecule has 0 aromatic carbocycles. The Morgan fingerprint density at radius 1 is 0.324 bits per heavy atom.